The van der Waals surface area contributed by atoms with Gasteiger partial charge in [-0.2, -0.15) is 0 Å². The molecular formula is C37H75NO2. The average Bonchev–Trinajstić information content (AvgIpc) is 2.87. The van der Waals surface area contributed by atoms with Crippen molar-refractivity contribution >= 4 is 5.78 Å². The molecule has 0 aliphatic rings. The molecule has 0 spiro atoms. The maximum absolute atomic E-state index is 14.1. The number of carbonyl (C=O) groups excluding carboxylic acids is 1. The number of nitrogens with one attached hydrogen (secondary N) is 1. The highest BCUT2D eigenvalue weighted by Crippen LogP contribution is 2.52. The van der Waals surface area contributed by atoms with Gasteiger partial charge in [0.05, 0.1) is 16.6 Å². The summed E-state index contributed by atoms with van der Waals surface area (Å²) in [7, 11) is 0. The van der Waals surface area contributed by atoms with E-state index in [9.17, 15) is 4.79 Å². The second kappa shape index (κ2) is 13.9. The Labute approximate surface area is 253 Å². The summed E-state index contributed by atoms with van der Waals surface area (Å²) in [4.78, 5) is 14.1. The molecule has 0 aliphatic heterocycles. The van der Waals surface area contributed by atoms with Crippen molar-refractivity contribution in [2.75, 3.05) is 0 Å². The summed E-state index contributed by atoms with van der Waals surface area (Å²) < 4.78 is 7.27. The third kappa shape index (κ3) is 7.94. The summed E-state index contributed by atoms with van der Waals surface area (Å²) >= 11 is 0. The molecule has 0 aromatic carbocycles. The number of ether oxygens (including phenoxy) is 1. The Bertz CT molecular complexity index is 800. The maximum Gasteiger partial charge on any atom is 0.147 e. The molecule has 0 fully saturated rings. The summed E-state index contributed by atoms with van der Waals surface area (Å²) in [6.45, 7) is 41.0. The minimum Gasteiger partial charge on any atom is -0.367 e. The fourth-order valence-corrected chi connectivity index (χ4v) is 7.54. The van der Waals surface area contributed by atoms with Crippen LogP contribution < -0.4 is 5.32 Å². The lowest BCUT2D eigenvalue weighted by molar-refractivity contribution is -0.216. The van der Waals surface area contributed by atoms with Crippen molar-refractivity contribution in [2.45, 2.75) is 211 Å². The summed E-state index contributed by atoms with van der Waals surface area (Å²) in [5.41, 5.74) is -2.02. The van der Waals surface area contributed by atoms with Crippen molar-refractivity contribution in [3.05, 3.63) is 0 Å². The molecule has 3 nitrogen and oxygen atoms in total. The molecule has 240 valence electrons. The van der Waals surface area contributed by atoms with Crippen molar-refractivity contribution in [3.63, 3.8) is 0 Å². The molecule has 0 heterocycles. The predicted octanol–water partition coefficient (Wildman–Crippen LogP) is 11.3. The Morgan fingerprint density at radius 3 is 1.40 bits per heavy atom. The second-order valence-electron chi connectivity index (χ2n) is 16.3. The molecule has 0 bridgehead atoms. The highest BCUT2D eigenvalue weighted by Gasteiger charge is 2.57. The first-order chi connectivity index (χ1) is 18.0. The van der Waals surface area contributed by atoms with Crippen LogP contribution >= 0.6 is 0 Å². The molecule has 40 heavy (non-hydrogen) atoms. The van der Waals surface area contributed by atoms with E-state index in [0.717, 1.165) is 38.5 Å². The van der Waals surface area contributed by atoms with Gasteiger partial charge in [-0.3, -0.25) is 4.79 Å². The van der Waals surface area contributed by atoms with E-state index in [4.69, 9.17) is 4.74 Å². The normalized spacial score (nSPS) is 21.1. The summed E-state index contributed by atoms with van der Waals surface area (Å²) in [6, 6.07) is 0. The molecule has 0 aromatic heterocycles. The predicted molar refractivity (Wildman–Crippen MR) is 178 cm³/mol. The molecule has 0 saturated heterocycles. The monoisotopic (exact) mass is 566 g/mol. The Morgan fingerprint density at radius 2 is 1.05 bits per heavy atom. The molecule has 0 saturated carbocycles. The summed E-state index contributed by atoms with van der Waals surface area (Å²) in [5, 5.41) is 4.29. The van der Waals surface area contributed by atoms with Gasteiger partial charge in [-0.1, -0.05) is 95.4 Å². The molecule has 0 amide bonds. The van der Waals surface area contributed by atoms with Crippen LogP contribution in [0.25, 0.3) is 0 Å². The van der Waals surface area contributed by atoms with E-state index in [0.29, 0.717) is 11.2 Å². The van der Waals surface area contributed by atoms with Crippen LogP contribution in [0.3, 0.4) is 0 Å². The average molecular weight is 566 g/mol. The Balaban J connectivity index is 6.70. The Morgan fingerprint density at radius 1 is 0.575 bits per heavy atom. The van der Waals surface area contributed by atoms with Crippen LogP contribution in [0.1, 0.15) is 189 Å². The van der Waals surface area contributed by atoms with E-state index in [1.807, 2.05) is 0 Å². The SMILES string of the molecule is CCCC(C)(CC)CC(C)(CC)C(C)(CC)NC(C)(CC)C(C)(C)OC(C)(C)C(C)(CCC)C(=O)C(C)(C)CC. The third-order valence-corrected chi connectivity index (χ3v) is 12.5. The first-order valence-corrected chi connectivity index (χ1v) is 17.0. The smallest absolute Gasteiger partial charge is 0.147 e. The van der Waals surface area contributed by atoms with Gasteiger partial charge in [0.15, 0.2) is 0 Å². The standard InChI is InChI=1S/C37H75NO2/c1-19-26-33(14,22-4)28-34(15,23-5)37(18,25-7)38-36(17,24-6)32(12,13)40-31(10,11)35(16,27-20-2)29(39)30(8,9)21-3/h38H,19-28H2,1-18H3. The zero-order chi connectivity index (χ0) is 32.1. The van der Waals surface area contributed by atoms with E-state index >= 15 is 0 Å². The van der Waals surface area contributed by atoms with Gasteiger partial charge < -0.3 is 10.1 Å². The molecule has 0 aliphatic carbocycles. The van der Waals surface area contributed by atoms with Crippen molar-refractivity contribution < 1.29 is 9.53 Å². The van der Waals surface area contributed by atoms with Gasteiger partial charge in [-0.05, 0) is 104 Å². The first-order valence-electron chi connectivity index (χ1n) is 17.0. The quantitative estimate of drug-likeness (QED) is 0.159. The number of ketones is 1. The Hall–Kier alpha value is -0.410. The fraction of sp³-hybridized carbons (Fsp3) is 0.973. The van der Waals surface area contributed by atoms with E-state index < -0.39 is 16.6 Å². The van der Waals surface area contributed by atoms with Crippen molar-refractivity contribution in [2.24, 2.45) is 21.7 Å². The molecule has 5 unspecified atom stereocenters. The van der Waals surface area contributed by atoms with Crippen LogP contribution in [0.15, 0.2) is 0 Å². The van der Waals surface area contributed by atoms with Crippen LogP contribution in [-0.4, -0.2) is 28.1 Å². The lowest BCUT2D eigenvalue weighted by Gasteiger charge is -2.59. The van der Waals surface area contributed by atoms with Crippen molar-refractivity contribution in [3.8, 4) is 0 Å². The molecule has 1 N–H and O–H groups in total. The first kappa shape index (κ1) is 39.6. The number of carbonyl (C=O) groups is 1. The van der Waals surface area contributed by atoms with Crippen LogP contribution in [0, 0.1) is 21.7 Å². The van der Waals surface area contributed by atoms with E-state index in [1.54, 1.807) is 0 Å². The zero-order valence-corrected chi connectivity index (χ0v) is 30.9. The molecule has 0 rings (SSSR count). The van der Waals surface area contributed by atoms with Crippen molar-refractivity contribution in [1.29, 1.82) is 0 Å². The van der Waals surface area contributed by atoms with Crippen LogP contribution in [0.5, 0.6) is 0 Å². The number of hydrogen-bond donors (Lipinski definition) is 1. The largest absolute Gasteiger partial charge is 0.367 e. The molecular weight excluding hydrogens is 490 g/mol. The molecule has 5 atom stereocenters. The lowest BCUT2D eigenvalue weighted by Crippen LogP contribution is -2.71. The van der Waals surface area contributed by atoms with Gasteiger partial charge in [0, 0.05) is 16.5 Å². The van der Waals surface area contributed by atoms with Gasteiger partial charge in [-0.25, -0.2) is 0 Å². The second-order valence-corrected chi connectivity index (χ2v) is 16.3. The topological polar surface area (TPSA) is 38.3 Å². The highest BCUT2D eigenvalue weighted by molar-refractivity contribution is 5.90. The molecule has 0 radical (unpaired) electrons. The van der Waals surface area contributed by atoms with Crippen LogP contribution in [0.4, 0.5) is 0 Å². The van der Waals surface area contributed by atoms with Gasteiger partial charge in [0.25, 0.3) is 0 Å². The van der Waals surface area contributed by atoms with E-state index in [1.165, 1.54) is 25.7 Å². The van der Waals surface area contributed by atoms with Crippen LogP contribution in [-0.2, 0) is 9.53 Å². The van der Waals surface area contributed by atoms with E-state index in [-0.39, 0.29) is 21.9 Å². The summed E-state index contributed by atoms with van der Waals surface area (Å²) in [5.74, 6) is 0.322. The molecule has 0 aromatic rings. The van der Waals surface area contributed by atoms with E-state index in [2.05, 4.69) is 130 Å². The Kier molecular flexibility index (Phi) is 13.8. The van der Waals surface area contributed by atoms with Gasteiger partial charge >= 0.3 is 0 Å². The van der Waals surface area contributed by atoms with Crippen molar-refractivity contribution in [1.82, 2.24) is 5.32 Å². The maximum atomic E-state index is 14.1. The molecule has 3 heteroatoms. The number of hydrogen-bond acceptors (Lipinski definition) is 3. The van der Waals surface area contributed by atoms with Gasteiger partial charge in [-0.15, -0.1) is 0 Å². The number of rotatable bonds is 20. The third-order valence-electron chi connectivity index (χ3n) is 12.5. The fourth-order valence-electron chi connectivity index (χ4n) is 7.54. The van der Waals surface area contributed by atoms with Gasteiger partial charge in [0.2, 0.25) is 0 Å². The van der Waals surface area contributed by atoms with Crippen LogP contribution in [0.2, 0.25) is 0 Å². The zero-order valence-electron chi connectivity index (χ0n) is 30.9. The van der Waals surface area contributed by atoms with Gasteiger partial charge in [0.1, 0.15) is 5.78 Å². The highest BCUT2D eigenvalue weighted by atomic mass is 16.5. The minimum absolute atomic E-state index is 0.0752. The number of Topliss-reactive ketones (excluding diaryl/α,β-unsaturated/α-hetero) is 1. The summed E-state index contributed by atoms with van der Waals surface area (Å²) in [6.07, 6.45) is 10.6. The minimum atomic E-state index is -0.632. The lowest BCUT2D eigenvalue weighted by atomic mass is 9.58.